The van der Waals surface area contributed by atoms with E-state index >= 15 is 0 Å². The molecule has 46 heavy (non-hydrogen) atoms. The first kappa shape index (κ1) is 34.7. The van der Waals surface area contributed by atoms with E-state index in [-0.39, 0.29) is 23.5 Å². The van der Waals surface area contributed by atoms with Crippen LogP contribution in [-0.4, -0.2) is 25.3 Å². The SMILES string of the molecule is Cc1ccc(C(C)(O)C(C)C)cc1-c1ccc(C(F)(F)F)cc1CN(Cc1cc(C(F)(F)F)cc(C(F)(F)F)c1)c1nnn(C)n1. The number of aryl methyl sites for hydroxylation is 2. The molecule has 6 nitrogen and oxygen atoms in total. The Labute approximate surface area is 258 Å². The van der Waals surface area contributed by atoms with Gasteiger partial charge in [0.15, 0.2) is 0 Å². The van der Waals surface area contributed by atoms with Crippen molar-refractivity contribution in [2.75, 3.05) is 4.90 Å². The summed E-state index contributed by atoms with van der Waals surface area (Å²) in [6, 6.07) is 9.08. The monoisotopic (exact) mass is 659 g/mol. The van der Waals surface area contributed by atoms with Gasteiger partial charge in [-0.05, 0) is 94.8 Å². The van der Waals surface area contributed by atoms with Gasteiger partial charge in [0, 0.05) is 13.1 Å². The molecule has 1 atom stereocenters. The molecule has 0 aliphatic carbocycles. The number of anilines is 1. The molecule has 0 radical (unpaired) electrons. The number of hydrogen-bond donors (Lipinski definition) is 1. The van der Waals surface area contributed by atoms with Gasteiger partial charge < -0.3 is 10.0 Å². The number of tetrazole rings is 1. The Morgan fingerprint density at radius 2 is 1.30 bits per heavy atom. The first-order chi connectivity index (χ1) is 21.1. The van der Waals surface area contributed by atoms with Crippen LogP contribution >= 0.6 is 0 Å². The van der Waals surface area contributed by atoms with E-state index in [1.54, 1.807) is 45.9 Å². The van der Waals surface area contributed by atoms with Crippen LogP contribution in [0.5, 0.6) is 0 Å². The van der Waals surface area contributed by atoms with E-state index in [2.05, 4.69) is 15.4 Å². The van der Waals surface area contributed by atoms with Crippen LogP contribution in [0.1, 0.15) is 59.7 Å². The third kappa shape index (κ3) is 7.62. The maximum absolute atomic E-state index is 13.9. The molecule has 0 bridgehead atoms. The Morgan fingerprint density at radius 3 is 1.80 bits per heavy atom. The van der Waals surface area contributed by atoms with Crippen molar-refractivity contribution in [3.8, 4) is 11.1 Å². The summed E-state index contributed by atoms with van der Waals surface area (Å²) >= 11 is 0. The molecule has 0 saturated heterocycles. The van der Waals surface area contributed by atoms with Crippen LogP contribution in [0.25, 0.3) is 11.1 Å². The third-order valence-corrected chi connectivity index (χ3v) is 7.83. The van der Waals surface area contributed by atoms with Crippen LogP contribution in [-0.2, 0) is 44.3 Å². The van der Waals surface area contributed by atoms with Crippen molar-refractivity contribution in [2.24, 2.45) is 13.0 Å². The fourth-order valence-electron chi connectivity index (χ4n) is 4.86. The van der Waals surface area contributed by atoms with Crippen molar-refractivity contribution >= 4 is 5.95 Å². The lowest BCUT2D eigenvalue weighted by molar-refractivity contribution is -0.143. The molecule has 0 aliphatic rings. The fraction of sp³-hybridized carbons (Fsp3) is 0.387. The zero-order chi connectivity index (χ0) is 34.4. The maximum atomic E-state index is 13.9. The number of alkyl halides is 9. The molecular formula is C31H30F9N5O. The molecule has 1 aromatic heterocycles. The van der Waals surface area contributed by atoms with Gasteiger partial charge in [-0.25, -0.2) is 0 Å². The molecule has 1 unspecified atom stereocenters. The average molecular weight is 660 g/mol. The Balaban J connectivity index is 1.90. The number of aliphatic hydroxyl groups is 1. The van der Waals surface area contributed by atoms with Gasteiger partial charge >= 0.3 is 18.5 Å². The van der Waals surface area contributed by atoms with Gasteiger partial charge in [0.2, 0.25) is 0 Å². The Morgan fingerprint density at radius 1 is 0.739 bits per heavy atom. The lowest BCUT2D eigenvalue weighted by Crippen LogP contribution is -2.28. The second kappa shape index (κ2) is 12.2. The Bertz CT molecular complexity index is 1670. The van der Waals surface area contributed by atoms with Crippen molar-refractivity contribution in [1.29, 1.82) is 0 Å². The lowest BCUT2D eigenvalue weighted by Gasteiger charge is -2.29. The average Bonchev–Trinajstić information content (AvgIpc) is 3.37. The lowest BCUT2D eigenvalue weighted by atomic mass is 9.82. The van der Waals surface area contributed by atoms with Crippen LogP contribution in [0, 0.1) is 12.8 Å². The largest absolute Gasteiger partial charge is 0.416 e. The minimum absolute atomic E-state index is 0.0127. The molecule has 15 heteroatoms. The van der Waals surface area contributed by atoms with E-state index in [0.29, 0.717) is 34.4 Å². The molecule has 4 rings (SSSR count). The highest BCUT2D eigenvalue weighted by molar-refractivity contribution is 5.72. The zero-order valence-electron chi connectivity index (χ0n) is 25.3. The van der Waals surface area contributed by atoms with E-state index in [0.717, 1.165) is 21.8 Å². The number of rotatable bonds is 8. The maximum Gasteiger partial charge on any atom is 0.416 e. The van der Waals surface area contributed by atoms with Crippen LogP contribution in [0.4, 0.5) is 45.5 Å². The van der Waals surface area contributed by atoms with Gasteiger partial charge in [-0.1, -0.05) is 37.1 Å². The van der Waals surface area contributed by atoms with Gasteiger partial charge in [0.1, 0.15) is 0 Å². The van der Waals surface area contributed by atoms with Gasteiger partial charge in [0.05, 0.1) is 29.3 Å². The molecule has 0 fully saturated rings. The Kier molecular flexibility index (Phi) is 9.23. The quantitative estimate of drug-likeness (QED) is 0.193. The molecule has 4 aromatic rings. The first-order valence-corrected chi connectivity index (χ1v) is 13.9. The molecule has 248 valence electrons. The van der Waals surface area contributed by atoms with Crippen molar-refractivity contribution in [3.63, 3.8) is 0 Å². The Hall–Kier alpha value is -4.14. The fourth-order valence-corrected chi connectivity index (χ4v) is 4.86. The number of nitrogens with zero attached hydrogens (tertiary/aromatic N) is 5. The standard InChI is InChI=1S/C31H30F9N5O/c1-17(2)28(4,46)21-7-6-18(3)26(14-21)25-9-8-22(29(32,33)34)12-20(25)16-45(27-41-43-44(5)42-27)15-19-10-23(30(35,36)37)13-24(11-19)31(38,39)40/h6-14,17,46H,15-16H2,1-5H3. The summed E-state index contributed by atoms with van der Waals surface area (Å²) < 4.78 is 123. The molecule has 0 aliphatic heterocycles. The van der Waals surface area contributed by atoms with Crippen molar-refractivity contribution in [2.45, 2.75) is 64.9 Å². The first-order valence-electron chi connectivity index (χ1n) is 13.9. The van der Waals surface area contributed by atoms with Crippen LogP contribution < -0.4 is 4.90 Å². The van der Waals surface area contributed by atoms with E-state index in [4.69, 9.17) is 0 Å². The van der Waals surface area contributed by atoms with Gasteiger partial charge in [-0.2, -0.15) is 44.3 Å². The third-order valence-electron chi connectivity index (χ3n) is 7.83. The smallest absolute Gasteiger partial charge is 0.385 e. The van der Waals surface area contributed by atoms with Crippen LogP contribution in [0.15, 0.2) is 54.6 Å². The highest BCUT2D eigenvalue weighted by Gasteiger charge is 2.37. The molecule has 1 heterocycles. The molecular weight excluding hydrogens is 629 g/mol. The number of hydrogen-bond acceptors (Lipinski definition) is 5. The molecule has 3 aromatic carbocycles. The molecule has 1 N–H and O–H groups in total. The summed E-state index contributed by atoms with van der Waals surface area (Å²) in [6.07, 6.45) is -15.0. The summed E-state index contributed by atoms with van der Waals surface area (Å²) in [7, 11) is 1.37. The normalized spacial score (nSPS) is 14.1. The number of benzene rings is 3. The predicted octanol–water partition coefficient (Wildman–Crippen LogP) is 8.31. The summed E-state index contributed by atoms with van der Waals surface area (Å²) in [5, 5.41) is 22.7. The summed E-state index contributed by atoms with van der Waals surface area (Å²) in [4.78, 5) is 2.13. The van der Waals surface area contributed by atoms with Crippen molar-refractivity contribution < 1.29 is 44.6 Å². The van der Waals surface area contributed by atoms with E-state index in [1.165, 1.54) is 13.1 Å². The van der Waals surface area contributed by atoms with E-state index in [1.807, 2.05) is 0 Å². The second-order valence-corrected chi connectivity index (χ2v) is 11.6. The zero-order valence-corrected chi connectivity index (χ0v) is 25.3. The molecule has 0 spiro atoms. The summed E-state index contributed by atoms with van der Waals surface area (Å²) in [5.41, 5.74) is -3.95. The summed E-state index contributed by atoms with van der Waals surface area (Å²) in [5.74, 6) is -0.479. The van der Waals surface area contributed by atoms with Crippen LogP contribution in [0.3, 0.4) is 0 Å². The predicted molar refractivity (Wildman–Crippen MR) is 151 cm³/mol. The van der Waals surface area contributed by atoms with Crippen LogP contribution in [0.2, 0.25) is 0 Å². The van der Waals surface area contributed by atoms with Gasteiger partial charge in [-0.15, -0.1) is 5.10 Å². The van der Waals surface area contributed by atoms with Crippen molar-refractivity contribution in [1.82, 2.24) is 20.2 Å². The van der Waals surface area contributed by atoms with E-state index < -0.39 is 59.5 Å². The second-order valence-electron chi connectivity index (χ2n) is 11.6. The van der Waals surface area contributed by atoms with Crippen molar-refractivity contribution in [3.05, 3.63) is 93.5 Å². The molecule has 0 amide bonds. The topological polar surface area (TPSA) is 67.1 Å². The molecule has 0 saturated carbocycles. The number of halogens is 9. The van der Waals surface area contributed by atoms with Gasteiger partial charge in [-0.3, -0.25) is 0 Å². The highest BCUT2D eigenvalue weighted by Crippen LogP contribution is 2.40. The highest BCUT2D eigenvalue weighted by atomic mass is 19.4. The van der Waals surface area contributed by atoms with E-state index in [9.17, 15) is 44.6 Å². The van der Waals surface area contributed by atoms with Gasteiger partial charge in [0.25, 0.3) is 5.95 Å². The number of aromatic nitrogens is 4. The minimum atomic E-state index is -5.11. The minimum Gasteiger partial charge on any atom is -0.385 e. The summed E-state index contributed by atoms with van der Waals surface area (Å²) in [6.45, 7) is 5.81.